The van der Waals surface area contributed by atoms with Gasteiger partial charge in [-0.3, -0.25) is 4.79 Å². The molecule has 1 spiro atoms. The van der Waals surface area contributed by atoms with Gasteiger partial charge in [0.05, 0.1) is 12.5 Å². The van der Waals surface area contributed by atoms with Crippen molar-refractivity contribution in [3.8, 4) is 5.75 Å². The fraction of sp³-hybridized carbons (Fsp3) is 0.522. The number of carbonyl (C=O) groups excluding carboxylic acids is 1. The number of benzene rings is 1. The van der Waals surface area contributed by atoms with E-state index < -0.39 is 0 Å². The van der Waals surface area contributed by atoms with Crippen LogP contribution in [0.2, 0.25) is 0 Å². The van der Waals surface area contributed by atoms with Crippen molar-refractivity contribution in [3.63, 3.8) is 0 Å². The van der Waals surface area contributed by atoms with E-state index in [1.165, 1.54) is 18.4 Å². The second kappa shape index (κ2) is 8.26. The van der Waals surface area contributed by atoms with E-state index in [0.29, 0.717) is 17.9 Å². The van der Waals surface area contributed by atoms with Crippen LogP contribution < -0.4 is 10.1 Å². The molecule has 1 unspecified atom stereocenters. The Balaban J connectivity index is 1.53. The topological polar surface area (TPSA) is 41.6 Å². The predicted molar refractivity (Wildman–Crippen MR) is 114 cm³/mol. The van der Waals surface area contributed by atoms with Gasteiger partial charge in [-0.15, -0.1) is 0 Å². The molecule has 2 fully saturated rings. The standard InChI is InChI=1S/C23H30N2O2S/c1-17(2)27-20-6-4-3-5-19(20)13-22(26)25(15-18-7-12-28-16-18)21-14-23(21)8-10-24-11-9-23/h3-7,12,16-17,21,24H,8-11,13-15H2,1-2H3. The monoisotopic (exact) mass is 398 g/mol. The minimum absolute atomic E-state index is 0.0969. The fourth-order valence-corrected chi connectivity index (χ4v) is 5.12. The number of hydrogen-bond donors (Lipinski definition) is 1. The summed E-state index contributed by atoms with van der Waals surface area (Å²) in [6.07, 6.45) is 4.00. The minimum Gasteiger partial charge on any atom is -0.491 e. The highest BCUT2D eigenvalue weighted by Crippen LogP contribution is 2.56. The maximum Gasteiger partial charge on any atom is 0.227 e. The van der Waals surface area contributed by atoms with Crippen LogP contribution in [-0.2, 0) is 17.8 Å². The molecular formula is C23H30N2O2S. The zero-order valence-corrected chi connectivity index (χ0v) is 17.6. The Bertz CT molecular complexity index is 797. The zero-order valence-electron chi connectivity index (χ0n) is 16.8. The Labute approximate surface area is 171 Å². The summed E-state index contributed by atoms with van der Waals surface area (Å²) in [6, 6.07) is 10.5. The summed E-state index contributed by atoms with van der Waals surface area (Å²) in [7, 11) is 0. The largest absolute Gasteiger partial charge is 0.491 e. The van der Waals surface area contributed by atoms with E-state index in [9.17, 15) is 4.79 Å². The Kier molecular flexibility index (Phi) is 5.74. The Morgan fingerprint density at radius 2 is 2.07 bits per heavy atom. The molecule has 1 saturated carbocycles. The van der Waals surface area contributed by atoms with Crippen molar-refractivity contribution >= 4 is 17.2 Å². The van der Waals surface area contributed by atoms with Gasteiger partial charge in [-0.05, 0) is 80.1 Å². The summed E-state index contributed by atoms with van der Waals surface area (Å²) in [6.45, 7) is 6.90. The molecule has 4 nitrogen and oxygen atoms in total. The van der Waals surface area contributed by atoms with Crippen LogP contribution in [0.15, 0.2) is 41.1 Å². The number of amides is 1. The summed E-state index contributed by atoms with van der Waals surface area (Å²) < 4.78 is 5.94. The lowest BCUT2D eigenvalue weighted by Gasteiger charge is -2.30. The van der Waals surface area contributed by atoms with Gasteiger partial charge in [-0.1, -0.05) is 18.2 Å². The van der Waals surface area contributed by atoms with Crippen molar-refractivity contribution in [2.45, 2.75) is 58.2 Å². The van der Waals surface area contributed by atoms with Crippen LogP contribution in [0, 0.1) is 5.41 Å². The Hall–Kier alpha value is -1.85. The maximum atomic E-state index is 13.4. The molecule has 1 N–H and O–H groups in total. The van der Waals surface area contributed by atoms with Crippen molar-refractivity contribution in [1.82, 2.24) is 10.2 Å². The van der Waals surface area contributed by atoms with Gasteiger partial charge in [0.25, 0.3) is 0 Å². The van der Waals surface area contributed by atoms with Gasteiger partial charge in [0.2, 0.25) is 5.91 Å². The fourth-order valence-electron chi connectivity index (χ4n) is 4.46. The van der Waals surface area contributed by atoms with E-state index in [4.69, 9.17) is 4.74 Å². The second-order valence-electron chi connectivity index (χ2n) is 8.44. The first-order valence-corrected chi connectivity index (χ1v) is 11.3. The molecule has 1 aliphatic heterocycles. The first kappa shape index (κ1) is 19.5. The molecule has 4 rings (SSSR count). The molecule has 2 aromatic rings. The van der Waals surface area contributed by atoms with Gasteiger partial charge in [0.15, 0.2) is 0 Å². The molecule has 1 amide bonds. The number of carbonyl (C=O) groups is 1. The van der Waals surface area contributed by atoms with E-state index in [1.807, 2.05) is 38.1 Å². The summed E-state index contributed by atoms with van der Waals surface area (Å²) in [5.41, 5.74) is 2.56. The number of para-hydroxylation sites is 1. The molecular weight excluding hydrogens is 368 g/mol. The summed E-state index contributed by atoms with van der Waals surface area (Å²) in [4.78, 5) is 15.6. The summed E-state index contributed by atoms with van der Waals surface area (Å²) in [5, 5.41) is 7.72. The van der Waals surface area contributed by atoms with Crippen LogP contribution >= 0.6 is 11.3 Å². The number of hydrogen-bond acceptors (Lipinski definition) is 4. The minimum atomic E-state index is 0.0969. The quantitative estimate of drug-likeness (QED) is 0.758. The highest BCUT2D eigenvalue weighted by Gasteiger charge is 2.57. The van der Waals surface area contributed by atoms with Gasteiger partial charge in [0, 0.05) is 18.2 Å². The van der Waals surface area contributed by atoms with Crippen molar-refractivity contribution in [2.24, 2.45) is 5.41 Å². The molecule has 0 bridgehead atoms. The maximum absolute atomic E-state index is 13.4. The molecule has 1 aliphatic carbocycles. The number of thiophene rings is 1. The van der Waals surface area contributed by atoms with E-state index >= 15 is 0 Å². The molecule has 1 atom stereocenters. The van der Waals surface area contributed by atoms with Crippen molar-refractivity contribution in [2.75, 3.05) is 13.1 Å². The van der Waals surface area contributed by atoms with Crippen LogP contribution in [0.3, 0.4) is 0 Å². The van der Waals surface area contributed by atoms with Gasteiger partial charge < -0.3 is 15.0 Å². The summed E-state index contributed by atoms with van der Waals surface area (Å²) in [5.74, 6) is 1.04. The van der Waals surface area contributed by atoms with Crippen molar-refractivity contribution in [1.29, 1.82) is 0 Å². The third-order valence-corrected chi connectivity index (χ3v) is 6.78. The zero-order chi connectivity index (χ0) is 19.6. The van der Waals surface area contributed by atoms with Gasteiger partial charge in [-0.2, -0.15) is 11.3 Å². The van der Waals surface area contributed by atoms with Gasteiger partial charge in [-0.25, -0.2) is 0 Å². The Morgan fingerprint density at radius 1 is 1.29 bits per heavy atom. The highest BCUT2D eigenvalue weighted by molar-refractivity contribution is 7.07. The predicted octanol–water partition coefficient (Wildman–Crippen LogP) is 4.25. The molecule has 1 aromatic heterocycles. The van der Waals surface area contributed by atoms with E-state index in [1.54, 1.807) is 11.3 Å². The lowest BCUT2D eigenvalue weighted by Crippen LogP contribution is -2.39. The number of nitrogens with one attached hydrogen (secondary N) is 1. The van der Waals surface area contributed by atoms with Gasteiger partial charge in [0.1, 0.15) is 5.75 Å². The van der Waals surface area contributed by atoms with Crippen molar-refractivity contribution < 1.29 is 9.53 Å². The molecule has 150 valence electrons. The smallest absolute Gasteiger partial charge is 0.227 e. The Morgan fingerprint density at radius 3 is 2.79 bits per heavy atom. The van der Waals surface area contributed by atoms with Crippen LogP contribution in [0.25, 0.3) is 0 Å². The number of nitrogens with zero attached hydrogens (tertiary/aromatic N) is 1. The van der Waals surface area contributed by atoms with Crippen LogP contribution in [0.1, 0.15) is 44.2 Å². The third kappa shape index (κ3) is 4.26. The molecule has 1 saturated heterocycles. The molecule has 1 aromatic carbocycles. The second-order valence-corrected chi connectivity index (χ2v) is 9.22. The molecule has 2 aliphatic rings. The molecule has 28 heavy (non-hydrogen) atoms. The van der Waals surface area contributed by atoms with E-state index in [2.05, 4.69) is 27.0 Å². The lowest BCUT2D eigenvalue weighted by atomic mass is 9.93. The van der Waals surface area contributed by atoms with Crippen LogP contribution in [0.5, 0.6) is 5.75 Å². The van der Waals surface area contributed by atoms with Crippen molar-refractivity contribution in [3.05, 3.63) is 52.2 Å². The third-order valence-electron chi connectivity index (χ3n) is 6.05. The lowest BCUT2D eigenvalue weighted by molar-refractivity contribution is -0.132. The van der Waals surface area contributed by atoms with E-state index in [-0.39, 0.29) is 12.0 Å². The van der Waals surface area contributed by atoms with Crippen LogP contribution in [-0.4, -0.2) is 36.0 Å². The first-order valence-electron chi connectivity index (χ1n) is 10.3. The summed E-state index contributed by atoms with van der Waals surface area (Å²) >= 11 is 1.70. The molecule has 5 heteroatoms. The molecule has 0 radical (unpaired) electrons. The SMILES string of the molecule is CC(C)Oc1ccccc1CC(=O)N(Cc1ccsc1)C1CC12CCNCC2. The van der Waals surface area contributed by atoms with E-state index in [0.717, 1.165) is 37.4 Å². The first-order chi connectivity index (χ1) is 13.6. The number of ether oxygens (including phenoxy) is 1. The number of rotatable bonds is 7. The van der Waals surface area contributed by atoms with Crippen LogP contribution in [0.4, 0.5) is 0 Å². The normalized spacial score (nSPS) is 20.3. The highest BCUT2D eigenvalue weighted by atomic mass is 32.1. The number of piperidine rings is 1. The average Bonchev–Trinajstić information content (AvgIpc) is 3.11. The average molecular weight is 399 g/mol. The van der Waals surface area contributed by atoms with Gasteiger partial charge >= 0.3 is 0 Å². The molecule has 2 heterocycles.